The zero-order chi connectivity index (χ0) is 15.9. The van der Waals surface area contributed by atoms with E-state index in [1.54, 1.807) is 6.33 Å². The number of ether oxygens (including phenoxy) is 1. The molecule has 7 nitrogen and oxygen atoms in total. The van der Waals surface area contributed by atoms with E-state index in [-0.39, 0.29) is 12.2 Å². The fourth-order valence-corrected chi connectivity index (χ4v) is 3.04. The van der Waals surface area contributed by atoms with Gasteiger partial charge in [-0.2, -0.15) is 9.97 Å². The molecule has 22 heavy (non-hydrogen) atoms. The third kappa shape index (κ3) is 2.39. The molecule has 1 saturated heterocycles. The fourth-order valence-electron chi connectivity index (χ4n) is 3.04. The van der Waals surface area contributed by atoms with Gasteiger partial charge in [-0.05, 0) is 19.8 Å². The lowest BCUT2D eigenvalue weighted by Gasteiger charge is -2.19. The molecule has 0 spiro atoms. The van der Waals surface area contributed by atoms with Crippen molar-refractivity contribution < 1.29 is 4.74 Å². The first-order chi connectivity index (χ1) is 10.5. The van der Waals surface area contributed by atoms with Gasteiger partial charge in [-0.25, -0.2) is 4.98 Å². The Bertz CT molecular complexity index is 669. The Labute approximate surface area is 130 Å². The maximum absolute atomic E-state index is 6.15. The number of rotatable bonds is 4. The highest BCUT2D eigenvalue weighted by molar-refractivity contribution is 5.84. The van der Waals surface area contributed by atoms with Gasteiger partial charge >= 0.3 is 0 Å². The van der Waals surface area contributed by atoms with Crippen LogP contribution < -0.4 is 10.6 Å². The molecule has 3 heterocycles. The van der Waals surface area contributed by atoms with Crippen molar-refractivity contribution in [1.29, 1.82) is 0 Å². The Morgan fingerprint density at radius 2 is 2.18 bits per heavy atom. The molecule has 120 valence electrons. The van der Waals surface area contributed by atoms with E-state index in [9.17, 15) is 0 Å². The van der Waals surface area contributed by atoms with Gasteiger partial charge in [-0.1, -0.05) is 13.8 Å². The Morgan fingerprint density at radius 1 is 1.41 bits per heavy atom. The number of nitrogens with zero attached hydrogens (tertiary/aromatic N) is 5. The summed E-state index contributed by atoms with van der Waals surface area (Å²) >= 11 is 0. The number of aromatic nitrogens is 4. The third-order valence-corrected chi connectivity index (χ3v) is 4.44. The van der Waals surface area contributed by atoms with E-state index in [0.29, 0.717) is 12.0 Å². The van der Waals surface area contributed by atoms with E-state index in [2.05, 4.69) is 35.7 Å². The van der Waals surface area contributed by atoms with E-state index in [1.807, 2.05) is 16.5 Å². The van der Waals surface area contributed by atoms with Gasteiger partial charge < -0.3 is 15.4 Å². The van der Waals surface area contributed by atoms with E-state index in [4.69, 9.17) is 10.5 Å². The molecule has 0 amide bonds. The van der Waals surface area contributed by atoms with Crippen molar-refractivity contribution >= 4 is 22.9 Å². The minimum Gasteiger partial charge on any atom is -0.368 e. The van der Waals surface area contributed by atoms with Crippen LogP contribution in [0.5, 0.6) is 0 Å². The van der Waals surface area contributed by atoms with Crippen molar-refractivity contribution in [2.24, 2.45) is 5.92 Å². The first-order valence-corrected chi connectivity index (χ1v) is 7.91. The summed E-state index contributed by atoms with van der Waals surface area (Å²) < 4.78 is 8.15. The quantitative estimate of drug-likeness (QED) is 0.932. The van der Waals surface area contributed by atoms with Gasteiger partial charge in [-0.15, -0.1) is 0 Å². The summed E-state index contributed by atoms with van der Waals surface area (Å²) in [6.07, 6.45) is 4.14. The summed E-state index contributed by atoms with van der Waals surface area (Å²) in [5.41, 5.74) is 7.42. The van der Waals surface area contributed by atoms with Gasteiger partial charge in [0.05, 0.1) is 12.4 Å². The Balaban J connectivity index is 2.07. The molecular weight excluding hydrogens is 280 g/mol. The molecule has 1 aliphatic rings. The molecule has 2 aromatic heterocycles. The smallest absolute Gasteiger partial charge is 0.224 e. The van der Waals surface area contributed by atoms with Crippen molar-refractivity contribution in [1.82, 2.24) is 19.5 Å². The molecule has 3 atom stereocenters. The van der Waals surface area contributed by atoms with Gasteiger partial charge in [0.25, 0.3) is 0 Å². The SMILES string of the molecule is CC[C@@H]1C[C@H](C)[C@H](n2cnc3c(N(C)CC)nc(N)nc32)O1. The fraction of sp³-hybridized carbons (Fsp3) is 0.667. The van der Waals surface area contributed by atoms with Crippen molar-refractivity contribution in [3.8, 4) is 0 Å². The molecule has 0 aliphatic carbocycles. The van der Waals surface area contributed by atoms with E-state index in [1.165, 1.54) is 0 Å². The molecule has 2 N–H and O–H groups in total. The first-order valence-electron chi connectivity index (χ1n) is 7.91. The number of hydrogen-bond donors (Lipinski definition) is 1. The minimum absolute atomic E-state index is 0.0379. The summed E-state index contributed by atoms with van der Waals surface area (Å²) in [7, 11) is 1.97. The summed E-state index contributed by atoms with van der Waals surface area (Å²) in [6.45, 7) is 7.25. The van der Waals surface area contributed by atoms with Crippen molar-refractivity contribution in [3.05, 3.63) is 6.33 Å². The lowest BCUT2D eigenvalue weighted by molar-refractivity contribution is -0.00903. The molecule has 0 bridgehead atoms. The van der Waals surface area contributed by atoms with Crippen molar-refractivity contribution in [2.75, 3.05) is 24.2 Å². The Kier molecular flexibility index (Phi) is 3.90. The molecule has 0 saturated carbocycles. The van der Waals surface area contributed by atoms with Gasteiger partial charge in [-0.3, -0.25) is 4.57 Å². The summed E-state index contributed by atoms with van der Waals surface area (Å²) in [5, 5.41) is 0. The average molecular weight is 304 g/mol. The van der Waals surface area contributed by atoms with Crippen LogP contribution in [-0.4, -0.2) is 39.2 Å². The van der Waals surface area contributed by atoms with E-state index in [0.717, 1.165) is 36.4 Å². The minimum atomic E-state index is -0.0379. The van der Waals surface area contributed by atoms with E-state index < -0.39 is 0 Å². The van der Waals surface area contributed by atoms with Gasteiger partial charge in [0, 0.05) is 19.5 Å². The summed E-state index contributed by atoms with van der Waals surface area (Å²) in [6, 6.07) is 0. The van der Waals surface area contributed by atoms with Crippen molar-refractivity contribution in [3.63, 3.8) is 0 Å². The second kappa shape index (κ2) is 5.72. The van der Waals surface area contributed by atoms with Crippen LogP contribution in [0.2, 0.25) is 0 Å². The number of nitrogen functional groups attached to an aromatic ring is 1. The molecular formula is C15H24N6O. The van der Waals surface area contributed by atoms with Gasteiger partial charge in [0.2, 0.25) is 5.95 Å². The van der Waals surface area contributed by atoms with Crippen LogP contribution in [0.3, 0.4) is 0 Å². The zero-order valence-electron chi connectivity index (χ0n) is 13.7. The third-order valence-electron chi connectivity index (χ3n) is 4.44. The predicted molar refractivity (Wildman–Crippen MR) is 86.7 cm³/mol. The highest BCUT2D eigenvalue weighted by Crippen LogP contribution is 2.37. The monoisotopic (exact) mass is 304 g/mol. The molecule has 0 aromatic carbocycles. The number of hydrogen-bond acceptors (Lipinski definition) is 6. The molecule has 1 aliphatic heterocycles. The predicted octanol–water partition coefficient (Wildman–Crippen LogP) is 2.20. The second-order valence-corrected chi connectivity index (χ2v) is 6.01. The van der Waals surface area contributed by atoms with Crippen LogP contribution >= 0.6 is 0 Å². The molecule has 0 unspecified atom stereocenters. The first kappa shape index (κ1) is 15.0. The maximum Gasteiger partial charge on any atom is 0.224 e. The van der Waals surface area contributed by atoms with Crippen LogP contribution in [0.4, 0.5) is 11.8 Å². The molecule has 1 fully saturated rings. The summed E-state index contributed by atoms with van der Waals surface area (Å²) in [4.78, 5) is 15.3. The van der Waals surface area contributed by atoms with E-state index >= 15 is 0 Å². The zero-order valence-corrected chi connectivity index (χ0v) is 13.7. The molecule has 7 heteroatoms. The Hall–Kier alpha value is -1.89. The average Bonchev–Trinajstić information content (AvgIpc) is 3.08. The van der Waals surface area contributed by atoms with Crippen LogP contribution in [0.1, 0.15) is 39.8 Å². The number of anilines is 2. The number of imidazole rings is 1. The molecule has 0 radical (unpaired) electrons. The highest BCUT2D eigenvalue weighted by Gasteiger charge is 2.34. The van der Waals surface area contributed by atoms with Crippen LogP contribution in [-0.2, 0) is 4.74 Å². The topological polar surface area (TPSA) is 82.1 Å². The highest BCUT2D eigenvalue weighted by atomic mass is 16.5. The number of fused-ring (bicyclic) bond motifs is 1. The molecule has 3 rings (SSSR count). The lowest BCUT2D eigenvalue weighted by atomic mass is 10.0. The largest absolute Gasteiger partial charge is 0.368 e. The van der Waals surface area contributed by atoms with Crippen molar-refractivity contribution in [2.45, 2.75) is 45.9 Å². The maximum atomic E-state index is 6.15. The van der Waals surface area contributed by atoms with Crippen LogP contribution in [0.15, 0.2) is 6.33 Å². The normalized spacial score (nSPS) is 25.0. The Morgan fingerprint density at radius 3 is 2.82 bits per heavy atom. The lowest BCUT2D eigenvalue weighted by Crippen LogP contribution is -2.19. The van der Waals surface area contributed by atoms with Gasteiger partial charge in [0.1, 0.15) is 6.23 Å². The van der Waals surface area contributed by atoms with Gasteiger partial charge in [0.15, 0.2) is 17.0 Å². The number of nitrogens with two attached hydrogens (primary N) is 1. The van der Waals surface area contributed by atoms with Crippen LogP contribution in [0.25, 0.3) is 11.2 Å². The second-order valence-electron chi connectivity index (χ2n) is 6.01. The molecule has 2 aromatic rings. The summed E-state index contributed by atoms with van der Waals surface area (Å²) in [5.74, 6) is 1.45. The standard InChI is InChI=1S/C15H24N6O/c1-5-10-7-9(3)14(22-10)21-8-17-11-12(20(4)6-2)18-15(16)19-13(11)21/h8-10,14H,5-7H2,1-4H3,(H2,16,18,19)/t9-,10+,14+/m0/s1. The van der Waals surface area contributed by atoms with Crippen LogP contribution in [0, 0.1) is 5.92 Å².